The molecule has 0 fully saturated rings. The van der Waals surface area contributed by atoms with Gasteiger partial charge in [0, 0.05) is 17.2 Å². The second-order valence-electron chi connectivity index (χ2n) is 6.39. The van der Waals surface area contributed by atoms with Crippen LogP contribution in [0.2, 0.25) is 0 Å². The van der Waals surface area contributed by atoms with E-state index < -0.39 is 0 Å². The van der Waals surface area contributed by atoms with E-state index in [2.05, 4.69) is 44.3 Å². The van der Waals surface area contributed by atoms with Crippen molar-refractivity contribution >= 4 is 22.1 Å². The largest absolute Gasteiger partial charge is 0.345 e. The lowest BCUT2D eigenvalue weighted by Crippen LogP contribution is -2.02. The van der Waals surface area contributed by atoms with E-state index in [0.717, 1.165) is 33.2 Å². The quantitative estimate of drug-likeness (QED) is 0.536. The van der Waals surface area contributed by atoms with Gasteiger partial charge in [0.15, 0.2) is 0 Å². The van der Waals surface area contributed by atoms with Crippen LogP contribution < -0.4 is 0 Å². The molecule has 128 valence electrons. The first kappa shape index (κ1) is 14.8. The fraction of sp³-hybridized carbons (Fsp3) is 0.167. The van der Waals surface area contributed by atoms with Gasteiger partial charge in [0.25, 0.3) is 5.89 Å². The summed E-state index contributed by atoms with van der Waals surface area (Å²) in [6.45, 7) is 4.14. The molecule has 0 aliphatic carbocycles. The Labute approximate surface area is 147 Å². The number of rotatable bonds is 3. The first-order chi connectivity index (χ1) is 12.7. The van der Waals surface area contributed by atoms with Crippen molar-refractivity contribution < 1.29 is 4.52 Å². The molecule has 0 amide bonds. The van der Waals surface area contributed by atoms with Crippen LogP contribution >= 0.6 is 0 Å². The second-order valence-corrected chi connectivity index (χ2v) is 6.39. The van der Waals surface area contributed by atoms with E-state index in [1.807, 2.05) is 41.1 Å². The highest BCUT2D eigenvalue weighted by Gasteiger charge is 2.14. The summed E-state index contributed by atoms with van der Waals surface area (Å²) < 4.78 is 7.35. The third-order valence-corrected chi connectivity index (χ3v) is 4.31. The predicted octanol–water partition coefficient (Wildman–Crippen LogP) is 3.61. The summed E-state index contributed by atoms with van der Waals surface area (Å²) in [6, 6.07) is 11.9. The zero-order valence-corrected chi connectivity index (χ0v) is 14.2. The van der Waals surface area contributed by atoms with E-state index in [9.17, 15) is 0 Å². The summed E-state index contributed by atoms with van der Waals surface area (Å²) >= 11 is 0. The minimum Gasteiger partial charge on any atom is -0.345 e. The predicted molar refractivity (Wildman–Crippen MR) is 96.3 cm³/mol. The molecule has 0 aliphatic rings. The zero-order valence-electron chi connectivity index (χ0n) is 14.2. The molecular weight excluding hydrogens is 330 g/mol. The van der Waals surface area contributed by atoms with Gasteiger partial charge in [0.2, 0.25) is 5.82 Å². The van der Waals surface area contributed by atoms with Crippen LogP contribution in [0.1, 0.15) is 19.9 Å². The van der Waals surface area contributed by atoms with Crippen molar-refractivity contribution in [3.63, 3.8) is 0 Å². The average molecular weight is 345 g/mol. The molecule has 8 nitrogen and oxygen atoms in total. The smallest absolute Gasteiger partial charge is 0.258 e. The lowest BCUT2D eigenvalue weighted by atomic mass is 10.2. The molecule has 3 heterocycles. The van der Waals surface area contributed by atoms with Gasteiger partial charge in [0.1, 0.15) is 5.52 Å². The topological polar surface area (TPSA) is 98.3 Å². The minimum atomic E-state index is 0.248. The molecule has 5 rings (SSSR count). The van der Waals surface area contributed by atoms with Gasteiger partial charge in [-0.25, -0.2) is 9.67 Å². The Kier molecular flexibility index (Phi) is 3.11. The molecule has 26 heavy (non-hydrogen) atoms. The van der Waals surface area contributed by atoms with Gasteiger partial charge in [-0.2, -0.15) is 4.98 Å². The third kappa shape index (κ3) is 2.26. The molecule has 8 heteroatoms. The van der Waals surface area contributed by atoms with Crippen LogP contribution in [-0.4, -0.2) is 35.1 Å². The number of aromatic amines is 1. The van der Waals surface area contributed by atoms with Crippen LogP contribution in [0.3, 0.4) is 0 Å². The molecule has 2 aromatic carbocycles. The standard InChI is InChI=1S/C18H15N7O/c1-10(2)25-16-6-4-12(8-15(16)22-24-25)18-21-17(23-26-18)11-3-5-13-14(7-11)20-9-19-13/h3-10H,1-2H3,(H,19,20). The highest BCUT2D eigenvalue weighted by atomic mass is 16.5. The van der Waals surface area contributed by atoms with Crippen molar-refractivity contribution in [2.24, 2.45) is 0 Å². The van der Waals surface area contributed by atoms with E-state index in [-0.39, 0.29) is 6.04 Å². The van der Waals surface area contributed by atoms with Crippen LogP contribution in [0.5, 0.6) is 0 Å². The molecule has 0 spiro atoms. The number of hydrogen-bond donors (Lipinski definition) is 1. The summed E-state index contributed by atoms with van der Waals surface area (Å²) in [6.07, 6.45) is 1.66. The Balaban J connectivity index is 1.54. The second kappa shape index (κ2) is 5.48. The van der Waals surface area contributed by atoms with Crippen molar-refractivity contribution in [2.45, 2.75) is 19.9 Å². The zero-order chi connectivity index (χ0) is 17.7. The van der Waals surface area contributed by atoms with Gasteiger partial charge in [0.05, 0.1) is 22.9 Å². The van der Waals surface area contributed by atoms with E-state index in [1.54, 1.807) is 6.33 Å². The number of hydrogen-bond acceptors (Lipinski definition) is 6. The number of nitrogens with one attached hydrogen (secondary N) is 1. The molecule has 0 atom stereocenters. The maximum absolute atomic E-state index is 5.46. The number of benzene rings is 2. The Bertz CT molecular complexity index is 1230. The highest BCUT2D eigenvalue weighted by molar-refractivity contribution is 5.81. The number of fused-ring (bicyclic) bond motifs is 2. The van der Waals surface area contributed by atoms with Crippen molar-refractivity contribution in [2.75, 3.05) is 0 Å². The average Bonchev–Trinajstić information content (AvgIpc) is 3.38. The SMILES string of the molecule is CC(C)n1nnc2cc(-c3nc(-c4ccc5nc[nH]c5c4)no3)ccc21. The highest BCUT2D eigenvalue weighted by Crippen LogP contribution is 2.26. The Morgan fingerprint density at radius 1 is 1.04 bits per heavy atom. The van der Waals surface area contributed by atoms with Crippen molar-refractivity contribution in [3.05, 3.63) is 42.7 Å². The molecule has 3 aromatic heterocycles. The molecule has 0 saturated heterocycles. The van der Waals surface area contributed by atoms with Gasteiger partial charge in [-0.3, -0.25) is 0 Å². The summed E-state index contributed by atoms with van der Waals surface area (Å²) in [5.41, 5.74) is 5.29. The summed E-state index contributed by atoms with van der Waals surface area (Å²) in [4.78, 5) is 11.8. The van der Waals surface area contributed by atoms with Gasteiger partial charge < -0.3 is 9.51 Å². The van der Waals surface area contributed by atoms with E-state index in [0.29, 0.717) is 11.7 Å². The van der Waals surface area contributed by atoms with Crippen LogP contribution in [0, 0.1) is 0 Å². The molecule has 5 aromatic rings. The van der Waals surface area contributed by atoms with E-state index in [1.165, 1.54) is 0 Å². The van der Waals surface area contributed by atoms with Crippen molar-refractivity contribution in [1.29, 1.82) is 0 Å². The molecular formula is C18H15N7O. The molecule has 0 radical (unpaired) electrons. The van der Waals surface area contributed by atoms with E-state index in [4.69, 9.17) is 4.52 Å². The van der Waals surface area contributed by atoms with Crippen molar-refractivity contribution in [3.8, 4) is 22.8 Å². The van der Waals surface area contributed by atoms with Crippen LogP contribution in [0.15, 0.2) is 47.2 Å². The molecule has 1 N–H and O–H groups in total. The summed E-state index contributed by atoms with van der Waals surface area (Å²) in [5.74, 6) is 0.980. The van der Waals surface area contributed by atoms with Gasteiger partial charge >= 0.3 is 0 Å². The maximum atomic E-state index is 5.46. The fourth-order valence-corrected chi connectivity index (χ4v) is 2.99. The third-order valence-electron chi connectivity index (χ3n) is 4.31. The lowest BCUT2D eigenvalue weighted by molar-refractivity contribution is 0.432. The number of nitrogens with zero attached hydrogens (tertiary/aromatic N) is 6. The number of aromatic nitrogens is 7. The van der Waals surface area contributed by atoms with E-state index >= 15 is 0 Å². The van der Waals surface area contributed by atoms with Gasteiger partial charge in [-0.05, 0) is 50.2 Å². The summed E-state index contributed by atoms with van der Waals surface area (Å²) in [7, 11) is 0. The first-order valence-corrected chi connectivity index (χ1v) is 8.31. The molecule has 0 saturated carbocycles. The molecule has 0 bridgehead atoms. The maximum Gasteiger partial charge on any atom is 0.258 e. The normalized spacial score (nSPS) is 11.8. The van der Waals surface area contributed by atoms with Crippen LogP contribution in [0.25, 0.3) is 44.9 Å². The molecule has 0 aliphatic heterocycles. The van der Waals surface area contributed by atoms with Crippen LogP contribution in [-0.2, 0) is 0 Å². The lowest BCUT2D eigenvalue weighted by Gasteiger charge is -2.04. The first-order valence-electron chi connectivity index (χ1n) is 8.31. The van der Waals surface area contributed by atoms with Gasteiger partial charge in [-0.1, -0.05) is 10.4 Å². The Morgan fingerprint density at radius 2 is 1.92 bits per heavy atom. The molecule has 0 unspecified atom stereocenters. The fourth-order valence-electron chi connectivity index (χ4n) is 2.99. The van der Waals surface area contributed by atoms with Gasteiger partial charge in [-0.15, -0.1) is 5.10 Å². The number of H-pyrrole nitrogens is 1. The monoisotopic (exact) mass is 345 g/mol. The Morgan fingerprint density at radius 3 is 2.81 bits per heavy atom. The minimum absolute atomic E-state index is 0.248. The van der Waals surface area contributed by atoms with Crippen LogP contribution in [0.4, 0.5) is 0 Å². The van der Waals surface area contributed by atoms with Crippen molar-refractivity contribution in [1.82, 2.24) is 35.1 Å². The Hall–Kier alpha value is -3.55. The summed E-state index contributed by atoms with van der Waals surface area (Å²) in [5, 5.41) is 12.5. The number of imidazole rings is 1.